The fourth-order valence-corrected chi connectivity index (χ4v) is 3.42. The third-order valence-corrected chi connectivity index (χ3v) is 4.85. The molecule has 1 atom stereocenters. The van der Waals surface area contributed by atoms with Gasteiger partial charge in [0.1, 0.15) is 11.8 Å². The summed E-state index contributed by atoms with van der Waals surface area (Å²) in [6.45, 7) is 0.719. The quantitative estimate of drug-likeness (QED) is 0.692. The van der Waals surface area contributed by atoms with Gasteiger partial charge in [0.05, 0.1) is 13.5 Å². The van der Waals surface area contributed by atoms with Crippen LogP contribution in [0.2, 0.25) is 0 Å². The third kappa shape index (κ3) is 3.69. The molecule has 1 amide bonds. The molecule has 3 aromatic rings. The summed E-state index contributed by atoms with van der Waals surface area (Å²) in [5.41, 5.74) is 1.86. The van der Waals surface area contributed by atoms with Crippen LogP contribution >= 0.6 is 0 Å². The highest BCUT2D eigenvalue weighted by Gasteiger charge is 2.34. The van der Waals surface area contributed by atoms with E-state index in [1.165, 1.54) is 0 Å². The molecule has 0 bridgehead atoms. The second-order valence-electron chi connectivity index (χ2n) is 6.59. The summed E-state index contributed by atoms with van der Waals surface area (Å²) >= 11 is 0. The second kappa shape index (κ2) is 7.61. The van der Waals surface area contributed by atoms with E-state index in [0.717, 1.165) is 36.3 Å². The van der Waals surface area contributed by atoms with Gasteiger partial charge < -0.3 is 14.2 Å². The Bertz CT molecular complexity index is 906. The lowest BCUT2D eigenvalue weighted by Gasteiger charge is -2.21. The van der Waals surface area contributed by atoms with Crippen LogP contribution in [-0.2, 0) is 11.2 Å². The van der Waals surface area contributed by atoms with Crippen LogP contribution in [0.1, 0.15) is 30.3 Å². The Kier molecular flexibility index (Phi) is 4.87. The molecule has 1 aromatic heterocycles. The Balaban J connectivity index is 1.50. The summed E-state index contributed by atoms with van der Waals surface area (Å²) in [6.07, 6.45) is 2.16. The molecular weight excluding hydrogens is 342 g/mol. The number of carbonyl (C=O) groups excluding carboxylic acids is 1. The van der Waals surface area contributed by atoms with E-state index in [4.69, 9.17) is 9.26 Å². The standard InChI is InChI=1S/C21H21N3O3/c1-26-17-11-9-16(10-12-17)20-22-21(27-23-20)18-8-5-13-24(18)19(25)14-15-6-3-2-4-7-15/h2-4,6-7,9-12,18H,5,8,13-14H2,1H3. The average Bonchev–Trinajstić information content (AvgIpc) is 3.38. The zero-order valence-electron chi connectivity index (χ0n) is 15.2. The van der Waals surface area contributed by atoms with Gasteiger partial charge >= 0.3 is 0 Å². The fourth-order valence-electron chi connectivity index (χ4n) is 3.42. The zero-order chi connectivity index (χ0) is 18.6. The Hall–Kier alpha value is -3.15. The molecule has 6 nitrogen and oxygen atoms in total. The van der Waals surface area contributed by atoms with E-state index in [1.54, 1.807) is 7.11 Å². The normalized spacial score (nSPS) is 16.5. The summed E-state index contributed by atoms with van der Waals surface area (Å²) in [5.74, 6) is 1.89. The summed E-state index contributed by atoms with van der Waals surface area (Å²) in [7, 11) is 1.63. The Morgan fingerprint density at radius 2 is 1.96 bits per heavy atom. The van der Waals surface area contributed by atoms with Crippen molar-refractivity contribution in [3.05, 3.63) is 66.1 Å². The minimum absolute atomic E-state index is 0.0906. The van der Waals surface area contributed by atoms with Crippen LogP contribution in [0.5, 0.6) is 5.75 Å². The number of hydrogen-bond acceptors (Lipinski definition) is 5. The van der Waals surface area contributed by atoms with Crippen LogP contribution in [0.3, 0.4) is 0 Å². The van der Waals surface area contributed by atoms with Gasteiger partial charge in [0.15, 0.2) is 0 Å². The fraction of sp³-hybridized carbons (Fsp3) is 0.286. The second-order valence-corrected chi connectivity index (χ2v) is 6.59. The first-order valence-corrected chi connectivity index (χ1v) is 9.06. The molecule has 1 fully saturated rings. The number of ether oxygens (including phenoxy) is 1. The first-order valence-electron chi connectivity index (χ1n) is 9.06. The van der Waals surface area contributed by atoms with Crippen LogP contribution in [0.15, 0.2) is 59.1 Å². The van der Waals surface area contributed by atoms with Crippen molar-refractivity contribution in [1.29, 1.82) is 0 Å². The Labute approximate surface area is 157 Å². The molecular formula is C21H21N3O3. The predicted molar refractivity (Wildman–Crippen MR) is 100 cm³/mol. The maximum absolute atomic E-state index is 12.8. The number of methoxy groups -OCH3 is 1. The molecule has 27 heavy (non-hydrogen) atoms. The predicted octanol–water partition coefficient (Wildman–Crippen LogP) is 3.65. The van der Waals surface area contributed by atoms with E-state index in [9.17, 15) is 4.79 Å². The molecule has 138 valence electrons. The number of carbonyl (C=O) groups is 1. The summed E-state index contributed by atoms with van der Waals surface area (Å²) in [4.78, 5) is 19.2. The first-order chi connectivity index (χ1) is 13.2. The van der Waals surface area contributed by atoms with E-state index in [0.29, 0.717) is 18.1 Å². The van der Waals surface area contributed by atoms with Gasteiger partial charge in [-0.1, -0.05) is 35.5 Å². The SMILES string of the molecule is COc1ccc(-c2noc(C3CCCN3C(=O)Cc3ccccc3)n2)cc1. The van der Waals surface area contributed by atoms with E-state index in [-0.39, 0.29) is 11.9 Å². The van der Waals surface area contributed by atoms with Crippen molar-refractivity contribution in [3.8, 4) is 17.1 Å². The maximum atomic E-state index is 12.8. The number of amides is 1. The van der Waals surface area contributed by atoms with Gasteiger partial charge in [-0.3, -0.25) is 4.79 Å². The van der Waals surface area contributed by atoms with Gasteiger partial charge in [0.25, 0.3) is 0 Å². The summed E-state index contributed by atoms with van der Waals surface area (Å²) in [5, 5.41) is 4.10. The van der Waals surface area contributed by atoms with Gasteiger partial charge in [-0.25, -0.2) is 0 Å². The maximum Gasteiger partial charge on any atom is 0.249 e. The highest BCUT2D eigenvalue weighted by molar-refractivity contribution is 5.79. The highest BCUT2D eigenvalue weighted by Crippen LogP contribution is 2.32. The third-order valence-electron chi connectivity index (χ3n) is 4.85. The lowest BCUT2D eigenvalue weighted by Crippen LogP contribution is -2.32. The molecule has 1 saturated heterocycles. The first kappa shape index (κ1) is 17.3. The molecule has 0 N–H and O–H groups in total. The Morgan fingerprint density at radius 3 is 2.70 bits per heavy atom. The number of hydrogen-bond donors (Lipinski definition) is 0. The molecule has 0 saturated carbocycles. The van der Waals surface area contributed by atoms with Gasteiger partial charge in [0, 0.05) is 12.1 Å². The van der Waals surface area contributed by atoms with Crippen LogP contribution in [0.25, 0.3) is 11.4 Å². The molecule has 1 aliphatic heterocycles. The van der Waals surface area contributed by atoms with E-state index in [1.807, 2.05) is 59.5 Å². The number of benzene rings is 2. The van der Waals surface area contributed by atoms with Gasteiger partial charge in [0.2, 0.25) is 17.6 Å². The smallest absolute Gasteiger partial charge is 0.249 e. The molecule has 0 radical (unpaired) electrons. The van der Waals surface area contributed by atoms with Crippen molar-refractivity contribution < 1.29 is 14.1 Å². The number of likely N-dealkylation sites (tertiary alicyclic amines) is 1. The number of rotatable bonds is 5. The molecule has 2 aromatic carbocycles. The van der Waals surface area contributed by atoms with E-state index < -0.39 is 0 Å². The molecule has 6 heteroatoms. The van der Waals surface area contributed by atoms with Crippen molar-refractivity contribution in [2.24, 2.45) is 0 Å². The van der Waals surface area contributed by atoms with Crippen LogP contribution in [-0.4, -0.2) is 34.6 Å². The van der Waals surface area contributed by atoms with Gasteiger partial charge in [-0.2, -0.15) is 4.98 Å². The zero-order valence-corrected chi connectivity index (χ0v) is 15.2. The Morgan fingerprint density at radius 1 is 1.19 bits per heavy atom. The average molecular weight is 363 g/mol. The van der Waals surface area contributed by atoms with Crippen LogP contribution in [0.4, 0.5) is 0 Å². The topological polar surface area (TPSA) is 68.5 Å². The molecule has 0 spiro atoms. The monoisotopic (exact) mass is 363 g/mol. The molecule has 1 unspecified atom stereocenters. The van der Waals surface area contributed by atoms with Crippen molar-refractivity contribution >= 4 is 5.91 Å². The molecule has 0 aliphatic carbocycles. The summed E-state index contributed by atoms with van der Waals surface area (Å²) < 4.78 is 10.7. The van der Waals surface area contributed by atoms with Gasteiger partial charge in [-0.15, -0.1) is 0 Å². The number of nitrogens with zero attached hydrogens (tertiary/aromatic N) is 3. The number of aromatic nitrogens is 2. The highest BCUT2D eigenvalue weighted by atomic mass is 16.5. The van der Waals surface area contributed by atoms with Crippen molar-refractivity contribution in [2.75, 3.05) is 13.7 Å². The van der Waals surface area contributed by atoms with Crippen LogP contribution in [0, 0.1) is 0 Å². The van der Waals surface area contributed by atoms with Gasteiger partial charge in [-0.05, 0) is 42.7 Å². The van der Waals surface area contributed by atoms with Crippen molar-refractivity contribution in [3.63, 3.8) is 0 Å². The molecule has 1 aliphatic rings. The van der Waals surface area contributed by atoms with Crippen molar-refractivity contribution in [1.82, 2.24) is 15.0 Å². The van der Waals surface area contributed by atoms with Crippen molar-refractivity contribution in [2.45, 2.75) is 25.3 Å². The lowest BCUT2D eigenvalue weighted by molar-refractivity contribution is -0.131. The minimum Gasteiger partial charge on any atom is -0.497 e. The lowest BCUT2D eigenvalue weighted by atomic mass is 10.1. The molecule has 2 heterocycles. The van der Waals surface area contributed by atoms with E-state index in [2.05, 4.69) is 10.1 Å². The van der Waals surface area contributed by atoms with Crippen LogP contribution < -0.4 is 4.74 Å². The minimum atomic E-state index is -0.152. The van der Waals surface area contributed by atoms with E-state index >= 15 is 0 Å². The summed E-state index contributed by atoms with van der Waals surface area (Å²) in [6, 6.07) is 17.1. The molecule has 4 rings (SSSR count). The largest absolute Gasteiger partial charge is 0.497 e.